The van der Waals surface area contributed by atoms with Gasteiger partial charge in [-0.2, -0.15) is 0 Å². The quantitative estimate of drug-likeness (QED) is 0.698. The summed E-state index contributed by atoms with van der Waals surface area (Å²) in [6, 6.07) is 14.9. The predicted molar refractivity (Wildman–Crippen MR) is 90.1 cm³/mol. The van der Waals surface area contributed by atoms with Crippen LogP contribution in [0.4, 0.5) is 0 Å². The van der Waals surface area contributed by atoms with Gasteiger partial charge in [0.1, 0.15) is 0 Å². The van der Waals surface area contributed by atoms with Gasteiger partial charge in [0, 0.05) is 28.4 Å². The summed E-state index contributed by atoms with van der Waals surface area (Å²) in [4.78, 5) is 25.3. The third-order valence-electron chi connectivity index (χ3n) is 6.38. The van der Waals surface area contributed by atoms with Gasteiger partial charge < -0.3 is 0 Å². The third kappa shape index (κ3) is 1.05. The van der Waals surface area contributed by atoms with Gasteiger partial charge in [0.05, 0.1) is 0 Å². The van der Waals surface area contributed by atoms with E-state index in [1.165, 1.54) is 40.0 Å². The van der Waals surface area contributed by atoms with Gasteiger partial charge in [0.15, 0.2) is 11.6 Å². The Morgan fingerprint density at radius 1 is 0.792 bits per heavy atom. The van der Waals surface area contributed by atoms with Gasteiger partial charge in [-0.05, 0) is 41.3 Å². The zero-order valence-corrected chi connectivity index (χ0v) is 13.2. The average Bonchev–Trinajstić information content (AvgIpc) is 2.80. The Kier molecular flexibility index (Phi) is 1.93. The molecule has 24 heavy (non-hydrogen) atoms. The Morgan fingerprint density at radius 3 is 2.17 bits per heavy atom. The van der Waals surface area contributed by atoms with Crippen molar-refractivity contribution in [3.8, 4) is 0 Å². The van der Waals surface area contributed by atoms with E-state index in [1.54, 1.807) is 0 Å². The molecular weight excluding hydrogens is 296 g/mol. The van der Waals surface area contributed by atoms with Crippen LogP contribution in [0.3, 0.4) is 0 Å². The monoisotopic (exact) mass is 310 g/mol. The molecule has 2 unspecified atom stereocenters. The summed E-state index contributed by atoms with van der Waals surface area (Å²) in [5.41, 5.74) is 7.57. The number of carbonyl (C=O) groups is 2. The summed E-state index contributed by atoms with van der Waals surface area (Å²) in [7, 11) is 0. The maximum absolute atomic E-state index is 12.7. The highest BCUT2D eigenvalue weighted by atomic mass is 16.1. The van der Waals surface area contributed by atoms with Crippen LogP contribution >= 0.6 is 0 Å². The van der Waals surface area contributed by atoms with Gasteiger partial charge in [-0.1, -0.05) is 48.0 Å². The summed E-state index contributed by atoms with van der Waals surface area (Å²) < 4.78 is 0. The van der Waals surface area contributed by atoms with Crippen molar-refractivity contribution in [1.82, 2.24) is 0 Å². The van der Waals surface area contributed by atoms with Gasteiger partial charge in [-0.25, -0.2) is 0 Å². The molecule has 6 rings (SSSR count). The molecule has 0 N–H and O–H groups in total. The first kappa shape index (κ1) is 12.7. The van der Waals surface area contributed by atoms with E-state index in [-0.39, 0.29) is 28.8 Å². The third-order valence-corrected chi connectivity index (χ3v) is 6.38. The molecule has 3 atom stereocenters. The van der Waals surface area contributed by atoms with Crippen molar-refractivity contribution in [2.45, 2.75) is 24.2 Å². The van der Waals surface area contributed by atoms with Gasteiger partial charge in [0.2, 0.25) is 0 Å². The second-order valence-electron chi connectivity index (χ2n) is 7.30. The van der Waals surface area contributed by atoms with Gasteiger partial charge in [0.25, 0.3) is 0 Å². The van der Waals surface area contributed by atoms with Crippen molar-refractivity contribution >= 4 is 11.6 Å². The Balaban J connectivity index is 1.73. The predicted octanol–water partition coefficient (Wildman–Crippen LogP) is 3.49. The molecule has 0 saturated heterocycles. The maximum Gasteiger partial charge on any atom is 0.183 e. The fourth-order valence-corrected chi connectivity index (χ4v) is 5.65. The Hall–Kier alpha value is -2.74. The van der Waals surface area contributed by atoms with E-state index >= 15 is 0 Å². The van der Waals surface area contributed by atoms with E-state index in [1.807, 2.05) is 6.07 Å². The molecule has 0 saturated carbocycles. The number of aryl methyl sites for hydroxylation is 1. The van der Waals surface area contributed by atoms with Gasteiger partial charge in [-0.15, -0.1) is 0 Å². The van der Waals surface area contributed by atoms with Crippen LogP contribution in [0.5, 0.6) is 0 Å². The second kappa shape index (κ2) is 3.67. The highest BCUT2D eigenvalue weighted by Gasteiger charge is 2.71. The van der Waals surface area contributed by atoms with Crippen molar-refractivity contribution in [2.24, 2.45) is 0 Å². The maximum atomic E-state index is 12.7. The lowest BCUT2D eigenvalue weighted by Gasteiger charge is -2.59. The summed E-state index contributed by atoms with van der Waals surface area (Å²) in [5, 5.41) is 0. The second-order valence-corrected chi connectivity index (χ2v) is 7.30. The minimum Gasteiger partial charge on any atom is -0.290 e. The Bertz CT molecular complexity index is 1070. The molecule has 0 fully saturated rings. The summed E-state index contributed by atoms with van der Waals surface area (Å²) in [6.07, 6.45) is 2.91. The number of hydrogen-bond donors (Lipinski definition) is 0. The molecule has 114 valence electrons. The average molecular weight is 310 g/mol. The first-order chi connectivity index (χ1) is 11.7. The molecule has 0 aromatic heterocycles. The highest BCUT2D eigenvalue weighted by molar-refractivity contribution is 6.24. The van der Waals surface area contributed by atoms with Crippen molar-refractivity contribution in [2.75, 3.05) is 0 Å². The number of fused-ring (bicyclic) bond motifs is 6. The molecule has 2 aromatic rings. The molecule has 4 aliphatic carbocycles. The summed E-state index contributed by atoms with van der Waals surface area (Å²) >= 11 is 0. The Morgan fingerprint density at radius 2 is 1.42 bits per heavy atom. The van der Waals surface area contributed by atoms with Crippen molar-refractivity contribution in [1.29, 1.82) is 0 Å². The summed E-state index contributed by atoms with van der Waals surface area (Å²) in [6.45, 7) is 2.08. The number of ketones is 2. The lowest BCUT2D eigenvalue weighted by molar-refractivity contribution is -0.115. The first-order valence-corrected chi connectivity index (χ1v) is 8.37. The highest BCUT2D eigenvalue weighted by Crippen LogP contribution is 2.77. The molecule has 0 radical (unpaired) electrons. The number of benzene rings is 2. The van der Waals surface area contributed by atoms with Crippen LogP contribution in [0.25, 0.3) is 0 Å². The molecule has 0 amide bonds. The molecule has 2 heteroatoms. The summed E-state index contributed by atoms with van der Waals surface area (Å²) in [5.74, 6) is 0.121. The SMILES string of the molecule is Cc1ccc2c(c1)C1C3=C(C(=O)C=CC3=O)[C@@H]3c4ccccc4C213. The molecule has 0 bridgehead atoms. The molecular formula is C22H14O2. The Labute approximate surface area is 139 Å². The van der Waals surface area contributed by atoms with Crippen molar-refractivity contribution < 1.29 is 9.59 Å². The van der Waals surface area contributed by atoms with Crippen molar-refractivity contribution in [3.05, 3.63) is 93.6 Å². The lowest BCUT2D eigenvalue weighted by Crippen LogP contribution is -2.53. The topological polar surface area (TPSA) is 34.1 Å². The van der Waals surface area contributed by atoms with E-state index in [2.05, 4.69) is 43.3 Å². The van der Waals surface area contributed by atoms with Gasteiger partial charge >= 0.3 is 0 Å². The van der Waals surface area contributed by atoms with E-state index in [4.69, 9.17) is 0 Å². The van der Waals surface area contributed by atoms with Crippen LogP contribution in [0.2, 0.25) is 0 Å². The number of allylic oxidation sites excluding steroid dienone is 4. The van der Waals surface area contributed by atoms with Crippen LogP contribution < -0.4 is 0 Å². The zero-order valence-electron chi connectivity index (χ0n) is 13.2. The lowest BCUT2D eigenvalue weighted by atomic mass is 9.42. The smallest absolute Gasteiger partial charge is 0.183 e. The number of rotatable bonds is 0. The first-order valence-electron chi connectivity index (χ1n) is 8.37. The normalized spacial score (nSPS) is 30.7. The van der Waals surface area contributed by atoms with Crippen LogP contribution in [0.15, 0.2) is 65.8 Å². The minimum atomic E-state index is -0.179. The van der Waals surface area contributed by atoms with E-state index < -0.39 is 0 Å². The fourth-order valence-electron chi connectivity index (χ4n) is 5.65. The molecule has 2 nitrogen and oxygen atoms in total. The number of carbonyl (C=O) groups excluding carboxylic acids is 2. The van der Waals surface area contributed by atoms with E-state index in [0.29, 0.717) is 0 Å². The van der Waals surface area contributed by atoms with Gasteiger partial charge in [-0.3, -0.25) is 9.59 Å². The van der Waals surface area contributed by atoms with Crippen LogP contribution in [0, 0.1) is 6.92 Å². The van der Waals surface area contributed by atoms with Crippen LogP contribution in [-0.2, 0) is 15.0 Å². The number of hydrogen-bond acceptors (Lipinski definition) is 2. The van der Waals surface area contributed by atoms with Crippen LogP contribution in [0.1, 0.15) is 39.7 Å². The van der Waals surface area contributed by atoms with Crippen LogP contribution in [-0.4, -0.2) is 11.6 Å². The molecule has 0 heterocycles. The molecule has 2 aromatic carbocycles. The fraction of sp³-hybridized carbons (Fsp3) is 0.182. The van der Waals surface area contributed by atoms with E-state index in [9.17, 15) is 9.59 Å². The molecule has 1 spiro atoms. The standard InChI is InChI=1S/C22H14O2/c1-11-6-7-15-13(10-11)21-19-17(24)9-8-16(23)18(19)20-12-4-2-3-5-14(12)22(15,20)21/h2-10,20-21H,1H3/t20-,21?,22?/m0/s1. The van der Waals surface area contributed by atoms with Crippen molar-refractivity contribution in [3.63, 3.8) is 0 Å². The zero-order chi connectivity index (χ0) is 16.2. The van der Waals surface area contributed by atoms with E-state index in [0.717, 1.165) is 11.1 Å². The molecule has 4 aliphatic rings. The largest absolute Gasteiger partial charge is 0.290 e. The molecule has 0 aliphatic heterocycles. The minimum absolute atomic E-state index is 0.0144.